The zero-order valence-electron chi connectivity index (χ0n) is 11.4. The van der Waals surface area contributed by atoms with Crippen molar-refractivity contribution in [2.24, 2.45) is 0 Å². The van der Waals surface area contributed by atoms with Crippen molar-refractivity contribution >= 4 is 0 Å². The van der Waals surface area contributed by atoms with Gasteiger partial charge in [-0.15, -0.1) is 0 Å². The van der Waals surface area contributed by atoms with Crippen molar-refractivity contribution in [3.05, 3.63) is 102 Å². The van der Waals surface area contributed by atoms with E-state index in [-0.39, 0.29) is 11.9 Å². The normalized spacial score (nSPS) is 11.9. The molecule has 0 fully saturated rings. The minimum Gasteiger partial charge on any atom is -0.481 e. The summed E-state index contributed by atoms with van der Waals surface area (Å²) in [5, 5.41) is 0. The second-order valence-corrected chi connectivity index (χ2v) is 4.70. The highest BCUT2D eigenvalue weighted by molar-refractivity contribution is 5.33. The minimum absolute atomic E-state index is 0.250. The third-order valence-electron chi connectivity index (χ3n) is 3.22. The molecular weight excluding hydrogens is 263 g/mol. The summed E-state index contributed by atoms with van der Waals surface area (Å²) in [6.07, 6.45) is -0.269. The monoisotopic (exact) mass is 277 g/mol. The van der Waals surface area contributed by atoms with Crippen LogP contribution in [0.15, 0.2) is 78.9 Å². The van der Waals surface area contributed by atoms with Crippen LogP contribution in [0.3, 0.4) is 0 Å². The molecule has 1 unspecified atom stereocenters. The standard InChI is InChI=1S/C19H14FO/c20-17-13-11-16(12-14-17)19(15-7-3-1-4-8-15)21-18-9-5-2-6-10-18/h1,3-14,19H. The maximum atomic E-state index is 13.1. The third kappa shape index (κ3) is 3.29. The number of hydrogen-bond donors (Lipinski definition) is 0. The summed E-state index contributed by atoms with van der Waals surface area (Å²) in [7, 11) is 0. The molecule has 0 bridgehead atoms. The molecule has 3 aromatic rings. The fraction of sp³-hybridized carbons (Fsp3) is 0.0526. The summed E-state index contributed by atoms with van der Waals surface area (Å²) < 4.78 is 19.2. The summed E-state index contributed by atoms with van der Waals surface area (Å²) >= 11 is 0. The van der Waals surface area contributed by atoms with Crippen LogP contribution in [-0.4, -0.2) is 0 Å². The third-order valence-corrected chi connectivity index (χ3v) is 3.22. The van der Waals surface area contributed by atoms with Crippen LogP contribution < -0.4 is 4.74 Å². The Hall–Kier alpha value is -2.61. The van der Waals surface area contributed by atoms with Gasteiger partial charge in [0.2, 0.25) is 0 Å². The Bertz CT molecular complexity index is 678. The number of halogens is 1. The predicted octanol–water partition coefficient (Wildman–Crippen LogP) is 4.79. The first-order valence-electron chi connectivity index (χ1n) is 6.76. The molecule has 0 saturated carbocycles. The lowest BCUT2D eigenvalue weighted by Crippen LogP contribution is -2.09. The Labute approximate surface area is 123 Å². The molecule has 0 aliphatic rings. The van der Waals surface area contributed by atoms with Gasteiger partial charge in [-0.25, -0.2) is 4.39 Å². The predicted molar refractivity (Wildman–Crippen MR) is 80.6 cm³/mol. The summed E-state index contributed by atoms with van der Waals surface area (Å²) in [5.74, 6) is 0.506. The summed E-state index contributed by atoms with van der Waals surface area (Å²) in [6, 6.07) is 26.6. The van der Waals surface area contributed by atoms with Crippen molar-refractivity contribution in [2.75, 3.05) is 0 Å². The van der Waals surface area contributed by atoms with Crippen molar-refractivity contribution < 1.29 is 9.13 Å². The average molecular weight is 277 g/mol. The van der Waals surface area contributed by atoms with E-state index in [0.717, 1.165) is 16.9 Å². The van der Waals surface area contributed by atoms with Crippen LogP contribution in [-0.2, 0) is 0 Å². The van der Waals surface area contributed by atoms with E-state index in [4.69, 9.17) is 4.74 Å². The van der Waals surface area contributed by atoms with Crippen LogP contribution >= 0.6 is 0 Å². The van der Waals surface area contributed by atoms with E-state index in [2.05, 4.69) is 6.07 Å². The van der Waals surface area contributed by atoms with Gasteiger partial charge >= 0.3 is 0 Å². The van der Waals surface area contributed by atoms with Crippen LogP contribution in [0.25, 0.3) is 0 Å². The Kier molecular flexibility index (Phi) is 3.97. The molecule has 0 aliphatic heterocycles. The van der Waals surface area contributed by atoms with Crippen LogP contribution in [0.5, 0.6) is 5.75 Å². The van der Waals surface area contributed by atoms with Gasteiger partial charge in [-0.3, -0.25) is 0 Å². The highest BCUT2D eigenvalue weighted by atomic mass is 19.1. The number of hydrogen-bond acceptors (Lipinski definition) is 1. The molecule has 1 nitrogen and oxygen atoms in total. The Morgan fingerprint density at radius 1 is 0.762 bits per heavy atom. The molecule has 1 atom stereocenters. The average Bonchev–Trinajstić information content (AvgIpc) is 2.55. The smallest absolute Gasteiger partial charge is 0.149 e. The van der Waals surface area contributed by atoms with E-state index in [1.165, 1.54) is 12.1 Å². The van der Waals surface area contributed by atoms with Crippen LogP contribution in [0.2, 0.25) is 0 Å². The van der Waals surface area contributed by atoms with E-state index in [0.29, 0.717) is 0 Å². The van der Waals surface area contributed by atoms with Crippen molar-refractivity contribution in [2.45, 2.75) is 6.10 Å². The second-order valence-electron chi connectivity index (χ2n) is 4.70. The van der Waals surface area contributed by atoms with Gasteiger partial charge in [0.05, 0.1) is 0 Å². The summed E-state index contributed by atoms with van der Waals surface area (Å²) in [6.45, 7) is 0. The molecule has 0 saturated heterocycles. The van der Waals surface area contributed by atoms with E-state index in [9.17, 15) is 4.39 Å². The van der Waals surface area contributed by atoms with Crippen LogP contribution in [0.4, 0.5) is 4.39 Å². The second kappa shape index (κ2) is 6.23. The van der Waals surface area contributed by atoms with E-state index in [1.54, 1.807) is 12.1 Å². The molecule has 2 heteroatoms. The van der Waals surface area contributed by atoms with Gasteiger partial charge in [0.25, 0.3) is 0 Å². The Morgan fingerprint density at radius 2 is 1.38 bits per heavy atom. The molecule has 0 amide bonds. The maximum Gasteiger partial charge on any atom is 0.149 e. The van der Waals surface area contributed by atoms with E-state index >= 15 is 0 Å². The first-order chi connectivity index (χ1) is 10.3. The molecule has 3 aromatic carbocycles. The minimum atomic E-state index is -0.269. The Morgan fingerprint density at radius 3 is 2.05 bits per heavy atom. The highest BCUT2D eigenvalue weighted by Crippen LogP contribution is 2.28. The van der Waals surface area contributed by atoms with Crippen molar-refractivity contribution in [1.82, 2.24) is 0 Å². The van der Waals surface area contributed by atoms with Gasteiger partial charge in [0.1, 0.15) is 17.7 Å². The molecular formula is C19H14FO. The maximum absolute atomic E-state index is 13.1. The van der Waals surface area contributed by atoms with Crippen LogP contribution in [0, 0.1) is 11.9 Å². The molecule has 0 N–H and O–H groups in total. The zero-order valence-corrected chi connectivity index (χ0v) is 11.4. The molecule has 21 heavy (non-hydrogen) atoms. The fourth-order valence-electron chi connectivity index (χ4n) is 2.18. The lowest BCUT2D eigenvalue weighted by Gasteiger charge is -2.20. The van der Waals surface area contributed by atoms with E-state index in [1.807, 2.05) is 54.6 Å². The number of benzene rings is 3. The molecule has 0 heterocycles. The molecule has 3 rings (SSSR count). The lowest BCUT2D eigenvalue weighted by atomic mass is 10.0. The molecule has 0 aliphatic carbocycles. The van der Waals surface area contributed by atoms with Gasteiger partial charge in [-0.2, -0.15) is 0 Å². The van der Waals surface area contributed by atoms with Gasteiger partial charge in [-0.05, 0) is 41.5 Å². The van der Waals surface area contributed by atoms with Crippen molar-refractivity contribution in [3.63, 3.8) is 0 Å². The summed E-state index contributed by atoms with van der Waals surface area (Å²) in [4.78, 5) is 0. The van der Waals surface area contributed by atoms with E-state index < -0.39 is 0 Å². The lowest BCUT2D eigenvalue weighted by molar-refractivity contribution is 0.247. The number of ether oxygens (including phenoxy) is 1. The quantitative estimate of drug-likeness (QED) is 0.666. The number of rotatable bonds is 4. The van der Waals surface area contributed by atoms with Crippen molar-refractivity contribution in [3.8, 4) is 5.75 Å². The fourth-order valence-corrected chi connectivity index (χ4v) is 2.18. The Balaban J connectivity index is 1.97. The first-order valence-corrected chi connectivity index (χ1v) is 6.76. The SMILES string of the molecule is Fc1ccc(C(Oc2cc[c]cc2)c2ccccc2)cc1. The molecule has 1 radical (unpaired) electrons. The topological polar surface area (TPSA) is 9.23 Å². The molecule has 103 valence electrons. The van der Waals surface area contributed by atoms with Gasteiger partial charge in [-0.1, -0.05) is 54.6 Å². The molecule has 0 aromatic heterocycles. The highest BCUT2D eigenvalue weighted by Gasteiger charge is 2.15. The van der Waals surface area contributed by atoms with Crippen LogP contribution in [0.1, 0.15) is 17.2 Å². The van der Waals surface area contributed by atoms with Crippen molar-refractivity contribution in [1.29, 1.82) is 0 Å². The molecule has 0 spiro atoms. The zero-order chi connectivity index (χ0) is 14.5. The largest absolute Gasteiger partial charge is 0.481 e. The summed E-state index contributed by atoms with van der Waals surface area (Å²) in [5.41, 5.74) is 1.94. The first kappa shape index (κ1) is 13.4. The van der Waals surface area contributed by atoms with Gasteiger partial charge in [0, 0.05) is 0 Å². The van der Waals surface area contributed by atoms with Gasteiger partial charge < -0.3 is 4.74 Å². The van der Waals surface area contributed by atoms with Gasteiger partial charge in [0.15, 0.2) is 0 Å².